The molecule has 3 amide bonds. The quantitative estimate of drug-likeness (QED) is 0.582. The lowest BCUT2D eigenvalue weighted by Gasteiger charge is -2.37. The first kappa shape index (κ1) is 25.8. The van der Waals surface area contributed by atoms with Crippen molar-refractivity contribution in [3.05, 3.63) is 66.8 Å². The molecule has 1 unspecified atom stereocenters. The van der Waals surface area contributed by atoms with Gasteiger partial charge in [-0.2, -0.15) is 0 Å². The fourth-order valence-electron chi connectivity index (χ4n) is 7.10. The Kier molecular flexibility index (Phi) is 6.35. The lowest BCUT2D eigenvalue weighted by Crippen LogP contribution is -2.56. The van der Waals surface area contributed by atoms with E-state index in [-0.39, 0.29) is 30.9 Å². The van der Waals surface area contributed by atoms with Gasteiger partial charge < -0.3 is 24.5 Å². The van der Waals surface area contributed by atoms with Crippen LogP contribution in [0.1, 0.15) is 26.7 Å². The van der Waals surface area contributed by atoms with Gasteiger partial charge in [-0.1, -0.05) is 61.6 Å². The molecule has 0 bridgehead atoms. The van der Waals surface area contributed by atoms with E-state index in [2.05, 4.69) is 0 Å². The number of nitrogens with zero attached hydrogens (tertiary/aromatic N) is 3. The smallest absolute Gasteiger partial charge is 0.253 e. The summed E-state index contributed by atoms with van der Waals surface area (Å²) in [6.07, 6.45) is 8.75. The molecule has 204 valence electrons. The van der Waals surface area contributed by atoms with Crippen molar-refractivity contribution in [2.45, 2.75) is 43.9 Å². The second-order valence-corrected chi connectivity index (χ2v) is 11.2. The molecular formula is C31H35N3O5. The summed E-state index contributed by atoms with van der Waals surface area (Å²) in [6, 6.07) is 12.9. The Morgan fingerprint density at radius 3 is 2.46 bits per heavy atom. The highest BCUT2D eigenvalue weighted by molar-refractivity contribution is 6.06. The summed E-state index contributed by atoms with van der Waals surface area (Å²) in [4.78, 5) is 47.7. The summed E-state index contributed by atoms with van der Waals surface area (Å²) in [7, 11) is 0. The molecule has 2 aromatic carbocycles. The summed E-state index contributed by atoms with van der Waals surface area (Å²) < 4.78 is 6.84. The summed E-state index contributed by atoms with van der Waals surface area (Å²) in [5.74, 6) is -2.20. The Hall–Kier alpha value is -3.49. The van der Waals surface area contributed by atoms with Crippen LogP contribution in [0.15, 0.2) is 66.8 Å². The van der Waals surface area contributed by atoms with Crippen LogP contribution >= 0.6 is 0 Å². The van der Waals surface area contributed by atoms with Gasteiger partial charge in [0.25, 0.3) is 5.91 Å². The Balaban J connectivity index is 1.46. The van der Waals surface area contributed by atoms with Crippen LogP contribution in [0.2, 0.25) is 0 Å². The van der Waals surface area contributed by atoms with E-state index in [0.29, 0.717) is 26.1 Å². The van der Waals surface area contributed by atoms with E-state index in [4.69, 9.17) is 4.74 Å². The minimum absolute atomic E-state index is 0.111. The first-order valence-corrected chi connectivity index (χ1v) is 13.9. The maximum absolute atomic E-state index is 14.5. The lowest BCUT2D eigenvalue weighted by atomic mass is 9.74. The van der Waals surface area contributed by atoms with Crippen LogP contribution < -0.4 is 4.90 Å². The third-order valence-electron chi connectivity index (χ3n) is 8.74. The molecule has 4 heterocycles. The third-order valence-corrected chi connectivity index (χ3v) is 8.74. The van der Waals surface area contributed by atoms with E-state index in [1.807, 2.05) is 80.6 Å². The largest absolute Gasteiger partial charge is 0.396 e. The maximum atomic E-state index is 14.5. The molecule has 39 heavy (non-hydrogen) atoms. The first-order chi connectivity index (χ1) is 18.8. The van der Waals surface area contributed by atoms with Crippen LogP contribution in [-0.2, 0) is 19.1 Å². The molecule has 4 aliphatic heterocycles. The van der Waals surface area contributed by atoms with E-state index in [1.54, 1.807) is 14.7 Å². The van der Waals surface area contributed by atoms with Gasteiger partial charge in [0.05, 0.1) is 17.4 Å². The van der Waals surface area contributed by atoms with E-state index >= 15 is 0 Å². The van der Waals surface area contributed by atoms with Crippen LogP contribution in [-0.4, -0.2) is 82.7 Å². The lowest BCUT2D eigenvalue weighted by molar-refractivity contribution is -0.148. The van der Waals surface area contributed by atoms with Crippen molar-refractivity contribution in [3.63, 3.8) is 0 Å². The molecule has 2 fully saturated rings. The van der Waals surface area contributed by atoms with E-state index < -0.39 is 29.1 Å². The highest BCUT2D eigenvalue weighted by Crippen LogP contribution is 2.57. The van der Waals surface area contributed by atoms with Crippen LogP contribution in [0.5, 0.6) is 0 Å². The zero-order valence-corrected chi connectivity index (χ0v) is 22.5. The number of aliphatic hydroxyl groups is 1. The highest BCUT2D eigenvalue weighted by atomic mass is 16.5. The number of likely N-dealkylation sites (tertiary alicyclic amines) is 1. The van der Waals surface area contributed by atoms with Crippen molar-refractivity contribution in [3.8, 4) is 0 Å². The van der Waals surface area contributed by atoms with E-state index in [0.717, 1.165) is 22.9 Å². The Bertz CT molecular complexity index is 1390. The predicted molar refractivity (Wildman–Crippen MR) is 148 cm³/mol. The van der Waals surface area contributed by atoms with Crippen LogP contribution in [0.25, 0.3) is 10.8 Å². The average molecular weight is 530 g/mol. The normalized spacial score (nSPS) is 31.9. The molecule has 0 radical (unpaired) electrons. The predicted octanol–water partition coefficient (Wildman–Crippen LogP) is 2.90. The number of amides is 3. The molecule has 1 spiro atoms. The van der Waals surface area contributed by atoms with Gasteiger partial charge >= 0.3 is 0 Å². The monoisotopic (exact) mass is 529 g/mol. The average Bonchev–Trinajstić information content (AvgIpc) is 3.20. The number of aliphatic hydroxyl groups excluding tert-OH is 1. The molecule has 8 nitrogen and oxygen atoms in total. The Labute approximate surface area is 228 Å². The van der Waals surface area contributed by atoms with Crippen molar-refractivity contribution in [2.24, 2.45) is 11.8 Å². The third kappa shape index (κ3) is 3.84. The molecule has 8 heteroatoms. The number of benzene rings is 2. The van der Waals surface area contributed by atoms with Crippen molar-refractivity contribution in [1.82, 2.24) is 9.80 Å². The summed E-state index contributed by atoms with van der Waals surface area (Å²) in [5.41, 5.74) is -1.57. The molecular weight excluding hydrogens is 494 g/mol. The van der Waals surface area contributed by atoms with Crippen LogP contribution in [0, 0.1) is 11.8 Å². The number of anilines is 1. The van der Waals surface area contributed by atoms with Crippen molar-refractivity contribution in [2.75, 3.05) is 37.7 Å². The van der Waals surface area contributed by atoms with Gasteiger partial charge in [0.1, 0.15) is 11.6 Å². The first-order valence-electron chi connectivity index (χ1n) is 13.9. The summed E-state index contributed by atoms with van der Waals surface area (Å²) in [6.45, 7) is 5.36. The Morgan fingerprint density at radius 1 is 0.923 bits per heavy atom. The van der Waals surface area contributed by atoms with Gasteiger partial charge in [-0.3, -0.25) is 14.4 Å². The maximum Gasteiger partial charge on any atom is 0.253 e. The zero-order valence-electron chi connectivity index (χ0n) is 22.5. The minimum atomic E-state index is -1.29. The topological polar surface area (TPSA) is 90.4 Å². The molecule has 0 aliphatic carbocycles. The van der Waals surface area contributed by atoms with Gasteiger partial charge in [-0.25, -0.2) is 0 Å². The van der Waals surface area contributed by atoms with Crippen LogP contribution in [0.3, 0.4) is 0 Å². The minimum Gasteiger partial charge on any atom is -0.396 e. The number of ether oxygens (including phenoxy) is 1. The summed E-state index contributed by atoms with van der Waals surface area (Å²) >= 11 is 0. The summed E-state index contributed by atoms with van der Waals surface area (Å²) in [5, 5.41) is 11.7. The highest BCUT2D eigenvalue weighted by Gasteiger charge is 2.74. The molecule has 5 atom stereocenters. The van der Waals surface area contributed by atoms with Gasteiger partial charge in [-0.15, -0.1) is 0 Å². The number of hydrogen-bond donors (Lipinski definition) is 1. The second kappa shape index (κ2) is 9.61. The molecule has 0 saturated carbocycles. The molecule has 6 rings (SSSR count). The van der Waals surface area contributed by atoms with Crippen molar-refractivity contribution < 1.29 is 24.2 Å². The van der Waals surface area contributed by atoms with Gasteiger partial charge in [-0.05, 0) is 42.7 Å². The van der Waals surface area contributed by atoms with Crippen LogP contribution in [0.4, 0.5) is 5.69 Å². The van der Waals surface area contributed by atoms with E-state index in [1.165, 1.54) is 0 Å². The fourth-order valence-corrected chi connectivity index (χ4v) is 7.10. The molecule has 4 aliphatic rings. The van der Waals surface area contributed by atoms with E-state index in [9.17, 15) is 19.5 Å². The molecule has 2 saturated heterocycles. The van der Waals surface area contributed by atoms with Gasteiger partial charge in [0.2, 0.25) is 11.8 Å². The Morgan fingerprint density at radius 2 is 1.69 bits per heavy atom. The second-order valence-electron chi connectivity index (χ2n) is 11.2. The SMILES string of the molecule is CCCN1CC=C[C@@]2(C)O[C@]34C=CCN(c5ccc6ccccc6c5)C(=O)C3N(CCCO)C(=O)[C@@H]4[C@H]2C1=O. The number of carbonyl (C=O) groups is 3. The standard InChI is InChI=1S/C31H35N3O5/c1-3-15-32-16-6-13-30(2)24(27(32)36)25-28(37)34(18-8-19-35)26-29(38)33(17-7-14-31(25,26)39-30)23-12-11-21-9-4-5-10-22(21)20-23/h4-7,9-14,20,24-26,35H,3,8,15-19H2,1-2H3/t24-,25-,26?,30+,31-/m0/s1. The molecule has 1 N–H and O–H groups in total. The number of fused-ring (bicyclic) bond motifs is 3. The number of rotatable bonds is 6. The molecule has 0 aromatic heterocycles. The zero-order chi connectivity index (χ0) is 27.4. The van der Waals surface area contributed by atoms with Crippen molar-refractivity contribution >= 4 is 34.2 Å². The van der Waals surface area contributed by atoms with Gasteiger partial charge in [0, 0.05) is 38.5 Å². The number of hydrogen-bond acceptors (Lipinski definition) is 5. The van der Waals surface area contributed by atoms with Gasteiger partial charge in [0.15, 0.2) is 0 Å². The fraction of sp³-hybridized carbons (Fsp3) is 0.452. The molecule has 2 aromatic rings. The number of carbonyl (C=O) groups excluding carboxylic acids is 3. The van der Waals surface area contributed by atoms with Crippen molar-refractivity contribution in [1.29, 1.82) is 0 Å².